The Bertz CT molecular complexity index is 953. The number of carboxylic acids is 1. The summed E-state index contributed by atoms with van der Waals surface area (Å²) < 4.78 is 5.43. The number of hydrogen-bond donors (Lipinski definition) is 2. The van der Waals surface area contributed by atoms with E-state index in [0.717, 1.165) is 22.3 Å². The van der Waals surface area contributed by atoms with Crippen LogP contribution in [0.25, 0.3) is 11.1 Å². The molecule has 0 saturated carbocycles. The van der Waals surface area contributed by atoms with Gasteiger partial charge in [-0.2, -0.15) is 0 Å². The van der Waals surface area contributed by atoms with Crippen LogP contribution >= 0.6 is 0 Å². The van der Waals surface area contributed by atoms with Crippen LogP contribution in [0.1, 0.15) is 30.9 Å². The largest absolute Gasteiger partial charge is 0.480 e. The maximum absolute atomic E-state index is 12.1. The fourth-order valence-electron chi connectivity index (χ4n) is 3.71. The molecule has 0 aliphatic heterocycles. The summed E-state index contributed by atoms with van der Waals surface area (Å²) in [6, 6.07) is 15.9. The van der Waals surface area contributed by atoms with Crippen LogP contribution in [0.15, 0.2) is 60.7 Å². The lowest BCUT2D eigenvalue weighted by atomic mass is 9.98. The molecule has 1 aliphatic rings. The van der Waals surface area contributed by atoms with Crippen molar-refractivity contribution in [2.75, 3.05) is 19.7 Å². The topological polar surface area (TPSA) is 95.9 Å². The summed E-state index contributed by atoms with van der Waals surface area (Å²) in [7, 11) is 0. The number of ether oxygens (including phenoxy) is 1. The molecule has 2 N–H and O–H groups in total. The Morgan fingerprint density at radius 3 is 2.19 bits per heavy atom. The fraction of sp³-hybridized carbons (Fsp3) is 0.292. The fourth-order valence-corrected chi connectivity index (χ4v) is 3.71. The number of carboxylic acid groups (broad SMARTS) is 1. The predicted molar refractivity (Wildman–Crippen MR) is 117 cm³/mol. The van der Waals surface area contributed by atoms with Gasteiger partial charge in [0.2, 0.25) is 5.91 Å². The van der Waals surface area contributed by atoms with Gasteiger partial charge in [-0.1, -0.05) is 54.6 Å². The maximum Gasteiger partial charge on any atom is 0.407 e. The van der Waals surface area contributed by atoms with E-state index in [1.807, 2.05) is 36.4 Å². The first-order valence-electron chi connectivity index (χ1n) is 10.2. The normalized spacial score (nSPS) is 12.5. The van der Waals surface area contributed by atoms with Gasteiger partial charge in [0, 0.05) is 24.6 Å². The van der Waals surface area contributed by atoms with Crippen molar-refractivity contribution in [2.45, 2.75) is 25.8 Å². The van der Waals surface area contributed by atoms with Crippen LogP contribution in [0.3, 0.4) is 0 Å². The molecule has 2 aromatic rings. The van der Waals surface area contributed by atoms with Crippen LogP contribution in [0, 0.1) is 0 Å². The molecule has 162 valence electrons. The van der Waals surface area contributed by atoms with E-state index in [0.29, 0.717) is 0 Å². The first-order chi connectivity index (χ1) is 14.9. The van der Waals surface area contributed by atoms with Crippen molar-refractivity contribution in [1.29, 1.82) is 0 Å². The first-order valence-corrected chi connectivity index (χ1v) is 10.2. The third-order valence-electron chi connectivity index (χ3n) is 5.18. The molecule has 7 nitrogen and oxygen atoms in total. The zero-order valence-electron chi connectivity index (χ0n) is 17.6. The molecule has 2 aromatic carbocycles. The van der Waals surface area contributed by atoms with Gasteiger partial charge < -0.3 is 20.1 Å². The molecule has 0 bridgehead atoms. The lowest BCUT2D eigenvalue weighted by Gasteiger charge is -2.23. The van der Waals surface area contributed by atoms with Gasteiger partial charge in [0.15, 0.2) is 0 Å². The molecule has 3 rings (SSSR count). The monoisotopic (exact) mass is 422 g/mol. The molecule has 7 heteroatoms. The number of benzene rings is 2. The summed E-state index contributed by atoms with van der Waals surface area (Å²) in [5.74, 6) is -1.52. The third-order valence-corrected chi connectivity index (χ3v) is 5.18. The van der Waals surface area contributed by atoms with Crippen molar-refractivity contribution in [1.82, 2.24) is 10.2 Å². The average Bonchev–Trinajstić information content (AvgIpc) is 3.07. The zero-order valence-corrected chi connectivity index (χ0v) is 17.6. The molecule has 31 heavy (non-hydrogen) atoms. The number of aliphatic carboxylic acids is 1. The highest BCUT2D eigenvalue weighted by Gasteiger charge is 2.28. The van der Waals surface area contributed by atoms with Crippen molar-refractivity contribution in [3.05, 3.63) is 71.8 Å². The van der Waals surface area contributed by atoms with Gasteiger partial charge in [0.25, 0.3) is 0 Å². The Morgan fingerprint density at radius 2 is 1.65 bits per heavy atom. The van der Waals surface area contributed by atoms with E-state index < -0.39 is 18.0 Å². The Kier molecular flexibility index (Phi) is 7.07. The molecule has 0 radical (unpaired) electrons. The van der Waals surface area contributed by atoms with E-state index in [9.17, 15) is 14.4 Å². The van der Waals surface area contributed by atoms with E-state index in [-0.39, 0.29) is 31.7 Å². The maximum atomic E-state index is 12.1. The smallest absolute Gasteiger partial charge is 0.407 e. The summed E-state index contributed by atoms with van der Waals surface area (Å²) in [5.41, 5.74) is 4.58. The van der Waals surface area contributed by atoms with E-state index in [4.69, 9.17) is 9.84 Å². The highest BCUT2D eigenvalue weighted by atomic mass is 16.5. The molecular weight excluding hydrogens is 396 g/mol. The van der Waals surface area contributed by atoms with Crippen LogP contribution in [0.5, 0.6) is 0 Å². The minimum atomic E-state index is -1.08. The van der Waals surface area contributed by atoms with Gasteiger partial charge in [-0.3, -0.25) is 9.59 Å². The Labute approximate surface area is 181 Å². The molecular formula is C24H26N2O5. The second kappa shape index (κ2) is 9.93. The minimum absolute atomic E-state index is 0.0223. The number of carbonyl (C=O) groups is 3. The quantitative estimate of drug-likeness (QED) is 0.636. The van der Waals surface area contributed by atoms with Crippen molar-refractivity contribution in [3.63, 3.8) is 0 Å². The number of hydrogen-bond acceptors (Lipinski definition) is 4. The molecule has 0 aromatic heterocycles. The average molecular weight is 422 g/mol. The minimum Gasteiger partial charge on any atom is -0.480 e. The van der Waals surface area contributed by atoms with Crippen molar-refractivity contribution >= 4 is 18.0 Å². The summed E-state index contributed by atoms with van der Waals surface area (Å²) >= 11 is 0. The lowest BCUT2D eigenvalue weighted by molar-refractivity contribution is -0.143. The van der Waals surface area contributed by atoms with Crippen LogP contribution in [-0.2, 0) is 14.3 Å². The van der Waals surface area contributed by atoms with Crippen LogP contribution in [0.2, 0.25) is 0 Å². The Hall–Kier alpha value is -3.61. The SMILES string of the molecule is CC(C)N(CC(=O)O)C(=O)/C=C/CNC(=O)OCC1c2ccccc2-c2ccccc21. The van der Waals surface area contributed by atoms with E-state index in [1.54, 1.807) is 13.8 Å². The van der Waals surface area contributed by atoms with Gasteiger partial charge in [0.05, 0.1) is 0 Å². The highest BCUT2D eigenvalue weighted by Crippen LogP contribution is 2.44. The molecule has 2 amide bonds. The molecule has 0 fully saturated rings. The van der Waals surface area contributed by atoms with E-state index >= 15 is 0 Å². The second-order valence-corrected chi connectivity index (χ2v) is 7.56. The predicted octanol–water partition coefficient (Wildman–Crippen LogP) is 3.40. The van der Waals surface area contributed by atoms with Crippen molar-refractivity contribution < 1.29 is 24.2 Å². The first kappa shape index (κ1) is 22.1. The lowest BCUT2D eigenvalue weighted by Crippen LogP contribution is -2.39. The van der Waals surface area contributed by atoms with Gasteiger partial charge >= 0.3 is 12.1 Å². The van der Waals surface area contributed by atoms with Crippen LogP contribution < -0.4 is 5.32 Å². The van der Waals surface area contributed by atoms with E-state index in [2.05, 4.69) is 17.4 Å². The Morgan fingerprint density at radius 1 is 1.06 bits per heavy atom. The van der Waals surface area contributed by atoms with Crippen molar-refractivity contribution in [2.24, 2.45) is 0 Å². The summed E-state index contributed by atoms with van der Waals surface area (Å²) in [6.07, 6.45) is 2.15. The molecule has 0 saturated heterocycles. The summed E-state index contributed by atoms with van der Waals surface area (Å²) in [5, 5.41) is 11.5. The van der Waals surface area contributed by atoms with Crippen LogP contribution in [0.4, 0.5) is 4.79 Å². The standard InChI is InChI=1S/C24H26N2O5/c1-16(2)26(14-23(28)29)22(27)12-7-13-25-24(30)31-15-21-19-10-5-3-8-17(19)18-9-4-6-11-20(18)21/h3-12,16,21H,13-15H2,1-2H3,(H,25,30)(H,28,29)/b12-7+. The molecule has 0 atom stereocenters. The van der Waals surface area contributed by atoms with Gasteiger partial charge in [-0.05, 0) is 36.1 Å². The molecule has 0 spiro atoms. The number of nitrogens with one attached hydrogen (secondary N) is 1. The highest BCUT2D eigenvalue weighted by molar-refractivity contribution is 5.90. The van der Waals surface area contributed by atoms with Gasteiger partial charge in [-0.15, -0.1) is 0 Å². The summed E-state index contributed by atoms with van der Waals surface area (Å²) in [4.78, 5) is 36.4. The van der Waals surface area contributed by atoms with Gasteiger partial charge in [-0.25, -0.2) is 4.79 Å². The number of alkyl carbamates (subject to hydrolysis) is 1. The molecule has 0 heterocycles. The van der Waals surface area contributed by atoms with Crippen molar-refractivity contribution in [3.8, 4) is 11.1 Å². The molecule has 0 unspecified atom stereocenters. The third kappa shape index (κ3) is 5.31. The summed E-state index contributed by atoms with van der Waals surface area (Å²) in [6.45, 7) is 3.41. The second-order valence-electron chi connectivity index (χ2n) is 7.56. The number of carbonyl (C=O) groups excluding carboxylic acids is 2. The number of nitrogens with zero attached hydrogens (tertiary/aromatic N) is 1. The molecule has 1 aliphatic carbocycles. The van der Waals surface area contributed by atoms with Gasteiger partial charge in [0.1, 0.15) is 13.2 Å². The Balaban J connectivity index is 1.52. The number of fused-ring (bicyclic) bond motifs is 3. The zero-order chi connectivity index (χ0) is 22.4. The number of amides is 2. The number of rotatable bonds is 8. The van der Waals surface area contributed by atoms with E-state index in [1.165, 1.54) is 17.1 Å². The van der Waals surface area contributed by atoms with Crippen LogP contribution in [-0.4, -0.2) is 53.7 Å².